The Morgan fingerprint density at radius 1 is 1.03 bits per heavy atom. The maximum Gasteiger partial charge on any atom is 0.308 e. The first-order valence-corrected chi connectivity index (χ1v) is 15.2. The number of fused-ring (bicyclic) bond motifs is 2. The van der Waals surface area contributed by atoms with Crippen LogP contribution in [0.1, 0.15) is 55.7 Å². The van der Waals surface area contributed by atoms with Gasteiger partial charge < -0.3 is 4.74 Å². The quantitative estimate of drug-likeness (QED) is 0.315. The van der Waals surface area contributed by atoms with Crippen LogP contribution in [0.3, 0.4) is 0 Å². The summed E-state index contributed by atoms with van der Waals surface area (Å²) in [6.45, 7) is 0.323. The molecule has 6 rings (SSSR count). The number of rotatable bonds is 5. The Morgan fingerprint density at radius 2 is 1.78 bits per heavy atom. The highest BCUT2D eigenvalue weighted by atomic mass is 35.5. The van der Waals surface area contributed by atoms with Crippen molar-refractivity contribution in [2.75, 3.05) is 0 Å². The first-order chi connectivity index (χ1) is 17.8. The van der Waals surface area contributed by atoms with Gasteiger partial charge in [0.05, 0.1) is 27.7 Å². The fourth-order valence-corrected chi connectivity index (χ4v) is 8.08. The molecule has 2 aliphatic rings. The molecule has 1 atom stereocenters. The van der Waals surface area contributed by atoms with Crippen molar-refractivity contribution in [1.82, 2.24) is 9.29 Å². The highest BCUT2D eigenvalue weighted by molar-refractivity contribution is 7.89. The number of halogens is 1. The Kier molecular flexibility index (Phi) is 6.39. The number of hydrogen-bond donors (Lipinski definition) is 1. The van der Waals surface area contributed by atoms with Crippen molar-refractivity contribution >= 4 is 43.2 Å². The number of aromatic nitrogens is 1. The molecule has 192 valence electrons. The number of hydrogen-bond acceptors (Lipinski definition) is 5. The predicted molar refractivity (Wildman–Crippen MR) is 147 cm³/mol. The van der Waals surface area contributed by atoms with Crippen molar-refractivity contribution in [3.8, 4) is 5.75 Å². The molecule has 6 nitrogen and oxygen atoms in total. The van der Waals surface area contributed by atoms with E-state index in [-0.39, 0.29) is 21.4 Å². The third-order valence-electron chi connectivity index (χ3n) is 7.50. The highest BCUT2D eigenvalue weighted by Crippen LogP contribution is 2.46. The first kappa shape index (κ1) is 24.7. The Hall–Kier alpha value is -2.65. The van der Waals surface area contributed by atoms with Gasteiger partial charge in [0, 0.05) is 17.0 Å². The number of benzene rings is 3. The zero-order chi connectivity index (χ0) is 25.6. The Balaban J connectivity index is 1.32. The van der Waals surface area contributed by atoms with Gasteiger partial charge in [-0.2, -0.15) is 0 Å². The molecule has 9 heteroatoms. The van der Waals surface area contributed by atoms with E-state index in [1.807, 2.05) is 42.5 Å². The van der Waals surface area contributed by atoms with Crippen LogP contribution in [0, 0.1) is 0 Å². The van der Waals surface area contributed by atoms with Crippen molar-refractivity contribution in [3.63, 3.8) is 0 Å². The van der Waals surface area contributed by atoms with Crippen LogP contribution in [0.4, 0.5) is 0 Å². The molecule has 1 spiro atoms. The standard InChI is InChI=1S/C28H27ClN2O4S2/c29-22-10-4-2-8-19(22)18-31-24-13-12-20(16-26(24)36-27(31)32)37(33,34)30-23-17-28(14-6-1-7-15-28)35-25-11-5-3-9-21(23)25/h2-5,8-13,16,23,30H,1,6-7,14-15,17-18H2. The molecule has 1 saturated carbocycles. The molecule has 0 radical (unpaired) electrons. The summed E-state index contributed by atoms with van der Waals surface area (Å²) in [7, 11) is -3.85. The number of ether oxygens (including phenoxy) is 1. The molecule has 3 aromatic carbocycles. The van der Waals surface area contributed by atoms with Crippen molar-refractivity contribution in [1.29, 1.82) is 0 Å². The van der Waals surface area contributed by atoms with Crippen LogP contribution in [0.25, 0.3) is 10.2 Å². The van der Waals surface area contributed by atoms with Crippen LogP contribution in [0.5, 0.6) is 5.75 Å². The zero-order valence-corrected chi connectivity index (χ0v) is 22.5. The van der Waals surface area contributed by atoms with Gasteiger partial charge in [0.25, 0.3) is 0 Å². The zero-order valence-electron chi connectivity index (χ0n) is 20.2. The molecule has 0 saturated heterocycles. The fraction of sp³-hybridized carbons (Fsp3) is 0.321. The molecular formula is C28H27ClN2O4S2. The Bertz CT molecular complexity index is 1640. The van der Waals surface area contributed by atoms with Gasteiger partial charge in [-0.25, -0.2) is 13.1 Å². The summed E-state index contributed by atoms with van der Waals surface area (Å²) < 4.78 is 38.9. The molecule has 1 aliphatic carbocycles. The molecule has 4 aromatic rings. The monoisotopic (exact) mass is 554 g/mol. The van der Waals surface area contributed by atoms with Crippen LogP contribution in [-0.4, -0.2) is 18.6 Å². The number of thiazole rings is 1. The number of nitrogens with zero attached hydrogens (tertiary/aromatic N) is 1. The molecule has 37 heavy (non-hydrogen) atoms. The van der Waals surface area contributed by atoms with Crippen molar-refractivity contribution in [2.24, 2.45) is 0 Å². The average molecular weight is 555 g/mol. The van der Waals surface area contributed by atoms with Crippen molar-refractivity contribution in [2.45, 2.75) is 61.6 Å². The fourth-order valence-electron chi connectivity index (χ4n) is 5.64. The highest BCUT2D eigenvalue weighted by Gasteiger charge is 2.43. The van der Waals surface area contributed by atoms with E-state index >= 15 is 0 Å². The van der Waals surface area contributed by atoms with Gasteiger partial charge >= 0.3 is 4.87 Å². The summed E-state index contributed by atoms with van der Waals surface area (Å²) in [6.07, 6.45) is 5.82. The van der Waals surface area contributed by atoms with E-state index < -0.39 is 10.0 Å². The summed E-state index contributed by atoms with van der Waals surface area (Å²) in [5.41, 5.74) is 2.05. The molecular weight excluding hydrogens is 528 g/mol. The van der Waals surface area contributed by atoms with Crippen LogP contribution >= 0.6 is 22.9 Å². The predicted octanol–water partition coefficient (Wildman–Crippen LogP) is 6.27. The normalized spacial score (nSPS) is 19.0. The van der Waals surface area contributed by atoms with Crippen molar-refractivity contribution in [3.05, 3.63) is 92.5 Å². The minimum atomic E-state index is -3.85. The first-order valence-electron chi connectivity index (χ1n) is 12.5. The Morgan fingerprint density at radius 3 is 2.59 bits per heavy atom. The molecule has 1 fully saturated rings. The van der Waals surface area contributed by atoms with Gasteiger partial charge in [-0.1, -0.05) is 65.8 Å². The molecule has 1 aromatic heterocycles. The van der Waals surface area contributed by atoms with Crippen LogP contribution in [-0.2, 0) is 16.6 Å². The van der Waals surface area contributed by atoms with E-state index in [4.69, 9.17) is 16.3 Å². The number of sulfonamides is 1. The number of para-hydroxylation sites is 1. The second kappa shape index (κ2) is 9.58. The summed E-state index contributed by atoms with van der Waals surface area (Å²) in [5.74, 6) is 0.758. The molecule has 0 amide bonds. The SMILES string of the molecule is O=c1sc2cc(S(=O)(=O)NC3CC4(CCCCC4)Oc4ccccc43)ccc2n1Cc1ccccc1Cl. The second-order valence-electron chi connectivity index (χ2n) is 9.94. The molecule has 1 unspecified atom stereocenters. The number of nitrogens with one attached hydrogen (secondary N) is 1. The molecule has 1 aliphatic heterocycles. The van der Waals surface area contributed by atoms with Gasteiger partial charge in [-0.05, 0) is 61.6 Å². The maximum atomic E-state index is 13.6. The van der Waals surface area contributed by atoms with E-state index in [1.54, 1.807) is 28.8 Å². The third kappa shape index (κ3) is 4.72. The van der Waals surface area contributed by atoms with Gasteiger partial charge in [0.2, 0.25) is 10.0 Å². The molecule has 2 heterocycles. The lowest BCUT2D eigenvalue weighted by Crippen LogP contribution is -2.46. The molecule has 0 bridgehead atoms. The lowest BCUT2D eigenvalue weighted by molar-refractivity contribution is 0.0000751. The largest absolute Gasteiger partial charge is 0.487 e. The third-order valence-corrected chi connectivity index (χ3v) is 10.3. The summed E-state index contributed by atoms with van der Waals surface area (Å²) in [5, 5.41) is 0.588. The van der Waals surface area contributed by atoms with Crippen LogP contribution in [0.2, 0.25) is 5.02 Å². The van der Waals surface area contributed by atoms with Gasteiger partial charge in [-0.15, -0.1) is 0 Å². The summed E-state index contributed by atoms with van der Waals surface area (Å²) in [4.78, 5) is 12.8. The smallest absolute Gasteiger partial charge is 0.308 e. The van der Waals surface area contributed by atoms with E-state index in [0.717, 1.165) is 53.9 Å². The summed E-state index contributed by atoms with van der Waals surface area (Å²) >= 11 is 7.34. The van der Waals surface area contributed by atoms with Crippen molar-refractivity contribution < 1.29 is 13.2 Å². The molecule has 1 N–H and O–H groups in total. The summed E-state index contributed by atoms with van der Waals surface area (Å²) in [6, 6.07) is 19.6. The van der Waals surface area contributed by atoms with Crippen LogP contribution in [0.15, 0.2) is 76.4 Å². The Labute approximate surface area is 224 Å². The van der Waals surface area contributed by atoms with E-state index in [0.29, 0.717) is 28.2 Å². The van der Waals surface area contributed by atoms with Crippen LogP contribution < -0.4 is 14.3 Å². The lowest BCUT2D eigenvalue weighted by atomic mass is 9.77. The lowest BCUT2D eigenvalue weighted by Gasteiger charge is -2.44. The minimum absolute atomic E-state index is 0.146. The van der Waals surface area contributed by atoms with E-state index in [9.17, 15) is 13.2 Å². The minimum Gasteiger partial charge on any atom is -0.487 e. The topological polar surface area (TPSA) is 77.4 Å². The van der Waals surface area contributed by atoms with E-state index in [2.05, 4.69) is 4.72 Å². The van der Waals surface area contributed by atoms with Gasteiger partial charge in [0.15, 0.2) is 0 Å². The van der Waals surface area contributed by atoms with Gasteiger partial charge in [0.1, 0.15) is 11.4 Å². The average Bonchev–Trinajstić information content (AvgIpc) is 3.19. The van der Waals surface area contributed by atoms with Gasteiger partial charge in [-0.3, -0.25) is 9.36 Å². The second-order valence-corrected chi connectivity index (χ2v) is 13.1. The maximum absolute atomic E-state index is 13.6. The van der Waals surface area contributed by atoms with E-state index in [1.165, 1.54) is 6.42 Å².